The molecule has 1 aliphatic carbocycles. The van der Waals surface area contributed by atoms with Crippen LogP contribution in [0.4, 0.5) is 0 Å². The first-order chi connectivity index (χ1) is 5.88. The summed E-state index contributed by atoms with van der Waals surface area (Å²) in [6.45, 7) is 0. The molecule has 1 aromatic rings. The van der Waals surface area contributed by atoms with Crippen LogP contribution >= 0.6 is 0 Å². The normalized spacial score (nSPS) is 22.9. The number of aryl methyl sites for hydroxylation is 1. The minimum atomic E-state index is 0.666. The van der Waals surface area contributed by atoms with Crippen LogP contribution in [0.3, 0.4) is 0 Å². The fourth-order valence-corrected chi connectivity index (χ4v) is 1.92. The van der Waals surface area contributed by atoms with Crippen molar-refractivity contribution in [3.63, 3.8) is 0 Å². The molecule has 1 unspecified atom stereocenters. The van der Waals surface area contributed by atoms with Crippen LogP contribution in [0.5, 0.6) is 0 Å². The van der Waals surface area contributed by atoms with Crippen molar-refractivity contribution in [1.29, 1.82) is 0 Å². The van der Waals surface area contributed by atoms with Gasteiger partial charge in [-0.1, -0.05) is 12.2 Å². The average molecular weight is 161 g/mol. The fraction of sp³-hybridized carbons (Fsp3) is 0.455. The average Bonchev–Trinajstić information content (AvgIpc) is 2.53. The SMILES string of the molecule is Cn1cccc1C1C=CCCC1. The zero-order chi connectivity index (χ0) is 8.39. The maximum Gasteiger partial charge on any atom is 0.0240 e. The molecule has 0 saturated heterocycles. The molecule has 1 heterocycles. The number of hydrogen-bond acceptors (Lipinski definition) is 0. The van der Waals surface area contributed by atoms with Crippen molar-refractivity contribution in [3.8, 4) is 0 Å². The highest BCUT2D eigenvalue weighted by atomic mass is 14.9. The maximum atomic E-state index is 2.35. The smallest absolute Gasteiger partial charge is 0.0240 e. The van der Waals surface area contributed by atoms with Crippen LogP contribution in [0.15, 0.2) is 30.5 Å². The van der Waals surface area contributed by atoms with E-state index in [1.54, 1.807) is 0 Å². The molecule has 64 valence electrons. The van der Waals surface area contributed by atoms with Gasteiger partial charge in [0.15, 0.2) is 0 Å². The molecule has 0 saturated carbocycles. The lowest BCUT2D eigenvalue weighted by atomic mass is 9.93. The van der Waals surface area contributed by atoms with Gasteiger partial charge >= 0.3 is 0 Å². The van der Waals surface area contributed by atoms with Gasteiger partial charge in [-0.25, -0.2) is 0 Å². The summed E-state index contributed by atoms with van der Waals surface area (Å²) in [5, 5.41) is 0. The molecule has 0 aromatic carbocycles. The number of rotatable bonds is 1. The van der Waals surface area contributed by atoms with Gasteiger partial charge in [-0.2, -0.15) is 0 Å². The molecule has 0 N–H and O–H groups in total. The van der Waals surface area contributed by atoms with Crippen molar-refractivity contribution in [2.24, 2.45) is 7.05 Å². The van der Waals surface area contributed by atoms with Gasteiger partial charge < -0.3 is 4.57 Å². The third-order valence-electron chi connectivity index (χ3n) is 2.62. The largest absolute Gasteiger partial charge is 0.354 e. The number of hydrogen-bond donors (Lipinski definition) is 0. The first kappa shape index (κ1) is 7.66. The molecule has 0 radical (unpaired) electrons. The van der Waals surface area contributed by atoms with E-state index in [4.69, 9.17) is 0 Å². The van der Waals surface area contributed by atoms with Gasteiger partial charge in [0.25, 0.3) is 0 Å². The van der Waals surface area contributed by atoms with Gasteiger partial charge in [-0.3, -0.25) is 0 Å². The third-order valence-corrected chi connectivity index (χ3v) is 2.62. The fourth-order valence-electron chi connectivity index (χ4n) is 1.92. The second-order valence-corrected chi connectivity index (χ2v) is 3.51. The zero-order valence-corrected chi connectivity index (χ0v) is 7.53. The summed E-state index contributed by atoms with van der Waals surface area (Å²) < 4.78 is 2.22. The Hall–Kier alpha value is -0.980. The maximum absolute atomic E-state index is 2.35. The van der Waals surface area contributed by atoms with Gasteiger partial charge in [0.2, 0.25) is 0 Å². The summed E-state index contributed by atoms with van der Waals surface area (Å²) in [5.41, 5.74) is 1.45. The van der Waals surface area contributed by atoms with Crippen molar-refractivity contribution >= 4 is 0 Å². The van der Waals surface area contributed by atoms with E-state index in [9.17, 15) is 0 Å². The highest BCUT2D eigenvalue weighted by molar-refractivity contribution is 5.19. The lowest BCUT2D eigenvalue weighted by Crippen LogP contribution is -2.04. The highest BCUT2D eigenvalue weighted by Crippen LogP contribution is 2.27. The Morgan fingerprint density at radius 3 is 3.00 bits per heavy atom. The standard InChI is InChI=1S/C11H15N/c1-12-9-5-8-11(12)10-6-3-2-4-7-10/h3,5-6,8-10H,2,4,7H2,1H3. The molecule has 12 heavy (non-hydrogen) atoms. The van der Waals surface area contributed by atoms with Crippen LogP contribution < -0.4 is 0 Å². The molecule has 0 spiro atoms. The quantitative estimate of drug-likeness (QED) is 0.558. The third kappa shape index (κ3) is 1.31. The van der Waals surface area contributed by atoms with E-state index in [1.807, 2.05) is 0 Å². The van der Waals surface area contributed by atoms with Crippen LogP contribution in [-0.4, -0.2) is 4.57 Å². The number of nitrogens with zero attached hydrogens (tertiary/aromatic N) is 1. The Bertz CT molecular complexity index is 283. The predicted octanol–water partition coefficient (Wildman–Crippen LogP) is 2.85. The van der Waals surface area contributed by atoms with Gasteiger partial charge in [0.1, 0.15) is 0 Å². The zero-order valence-electron chi connectivity index (χ0n) is 7.53. The van der Waals surface area contributed by atoms with Crippen molar-refractivity contribution in [2.45, 2.75) is 25.2 Å². The Labute approximate surface area is 73.7 Å². The van der Waals surface area contributed by atoms with Gasteiger partial charge in [-0.15, -0.1) is 0 Å². The Morgan fingerprint density at radius 1 is 1.50 bits per heavy atom. The molecule has 1 aliphatic rings. The van der Waals surface area contributed by atoms with Crippen LogP contribution in [0, 0.1) is 0 Å². The molecule has 0 aliphatic heterocycles. The van der Waals surface area contributed by atoms with Crippen molar-refractivity contribution in [1.82, 2.24) is 4.57 Å². The van der Waals surface area contributed by atoms with Crippen molar-refractivity contribution in [3.05, 3.63) is 36.2 Å². The summed E-state index contributed by atoms with van der Waals surface area (Å²) in [7, 11) is 2.12. The van der Waals surface area contributed by atoms with Crippen molar-refractivity contribution in [2.75, 3.05) is 0 Å². The minimum absolute atomic E-state index is 0.666. The van der Waals surface area contributed by atoms with Crippen LogP contribution in [0.1, 0.15) is 30.9 Å². The summed E-state index contributed by atoms with van der Waals surface area (Å²) >= 11 is 0. The van der Waals surface area contributed by atoms with Crippen LogP contribution in [0.25, 0.3) is 0 Å². The molecular formula is C11H15N. The van der Waals surface area contributed by atoms with E-state index in [1.165, 1.54) is 25.0 Å². The van der Waals surface area contributed by atoms with E-state index in [-0.39, 0.29) is 0 Å². The van der Waals surface area contributed by atoms with E-state index in [0.29, 0.717) is 5.92 Å². The summed E-state index contributed by atoms with van der Waals surface area (Å²) in [5.74, 6) is 0.666. The molecule has 0 amide bonds. The Balaban J connectivity index is 2.24. The first-order valence-corrected chi connectivity index (χ1v) is 4.66. The second kappa shape index (κ2) is 3.18. The molecule has 2 rings (SSSR count). The summed E-state index contributed by atoms with van der Waals surface area (Å²) in [4.78, 5) is 0. The van der Waals surface area contributed by atoms with Crippen LogP contribution in [0.2, 0.25) is 0 Å². The van der Waals surface area contributed by atoms with E-state index < -0.39 is 0 Å². The summed E-state index contributed by atoms with van der Waals surface area (Å²) in [6.07, 6.45) is 10.7. The molecule has 1 aromatic heterocycles. The monoisotopic (exact) mass is 161 g/mol. The molecular weight excluding hydrogens is 146 g/mol. The van der Waals surface area contributed by atoms with Crippen LogP contribution in [-0.2, 0) is 7.05 Å². The van der Waals surface area contributed by atoms with Gasteiger partial charge in [-0.05, 0) is 31.4 Å². The van der Waals surface area contributed by atoms with E-state index >= 15 is 0 Å². The number of aromatic nitrogens is 1. The lowest BCUT2D eigenvalue weighted by molar-refractivity contribution is 0.620. The minimum Gasteiger partial charge on any atom is -0.354 e. The molecule has 0 fully saturated rings. The van der Waals surface area contributed by atoms with Gasteiger partial charge in [0.05, 0.1) is 0 Å². The van der Waals surface area contributed by atoms with Crippen molar-refractivity contribution < 1.29 is 0 Å². The van der Waals surface area contributed by atoms with Gasteiger partial charge in [0, 0.05) is 24.9 Å². The topological polar surface area (TPSA) is 4.93 Å². The Morgan fingerprint density at radius 2 is 2.42 bits per heavy atom. The van der Waals surface area contributed by atoms with E-state index in [2.05, 4.69) is 42.1 Å². The van der Waals surface area contributed by atoms with E-state index in [0.717, 1.165) is 0 Å². The molecule has 1 nitrogen and oxygen atoms in total. The summed E-state index contributed by atoms with van der Waals surface area (Å²) in [6, 6.07) is 4.35. The molecule has 0 bridgehead atoms. The molecule has 1 atom stereocenters. The molecule has 1 heteroatoms. The lowest BCUT2D eigenvalue weighted by Gasteiger charge is -2.16. The first-order valence-electron chi connectivity index (χ1n) is 4.66. The highest BCUT2D eigenvalue weighted by Gasteiger charge is 2.12. The Kier molecular flexibility index (Phi) is 2.03. The number of allylic oxidation sites excluding steroid dienone is 2. The second-order valence-electron chi connectivity index (χ2n) is 3.51. The predicted molar refractivity (Wildman–Crippen MR) is 51.1 cm³/mol.